The molecule has 7 heteroatoms. The smallest absolute Gasteiger partial charge is 0.254 e. The Labute approximate surface area is 190 Å². The molecule has 2 N–H and O–H groups in total. The topological polar surface area (TPSA) is 74.1 Å². The first kappa shape index (κ1) is 22.6. The molecule has 0 radical (unpaired) electrons. The summed E-state index contributed by atoms with van der Waals surface area (Å²) < 4.78 is 7.08. The summed E-state index contributed by atoms with van der Waals surface area (Å²) in [6, 6.07) is 16.4. The van der Waals surface area contributed by atoms with Gasteiger partial charge in [-0.2, -0.15) is 5.26 Å². The van der Waals surface area contributed by atoms with Crippen LogP contribution in [-0.4, -0.2) is 28.1 Å². The average molecular weight is 491 g/mol. The Balaban J connectivity index is 2.10. The monoisotopic (exact) mass is 489 g/mol. The third-order valence-corrected chi connectivity index (χ3v) is 6.71. The van der Waals surface area contributed by atoms with Gasteiger partial charge in [0.2, 0.25) is 5.72 Å². The molecular weight excluding hydrogens is 466 g/mol. The Bertz CT molecular complexity index is 988. The summed E-state index contributed by atoms with van der Waals surface area (Å²) in [5.41, 5.74) is -1.35. The number of halogens is 2. The first-order valence-electron chi connectivity index (χ1n) is 9.68. The minimum absolute atomic E-state index is 0.289. The minimum atomic E-state index is -1.25. The maximum atomic E-state index is 13.2. The van der Waals surface area contributed by atoms with E-state index in [0.29, 0.717) is 27.8 Å². The third kappa shape index (κ3) is 4.49. The highest BCUT2D eigenvalue weighted by molar-refractivity contribution is 9.10. The zero-order chi connectivity index (χ0) is 22.2. The number of benzene rings is 2. The van der Waals surface area contributed by atoms with Crippen LogP contribution in [0, 0.1) is 11.3 Å². The van der Waals surface area contributed by atoms with E-state index in [9.17, 15) is 10.1 Å². The fourth-order valence-corrected chi connectivity index (χ4v) is 4.95. The van der Waals surface area contributed by atoms with Crippen molar-refractivity contribution in [3.63, 3.8) is 0 Å². The molecule has 2 unspecified atom stereocenters. The molecule has 3 rings (SSSR count). The number of nitriles is 1. The van der Waals surface area contributed by atoms with Gasteiger partial charge in [-0.1, -0.05) is 24.3 Å². The summed E-state index contributed by atoms with van der Waals surface area (Å²) in [6.45, 7) is 8.03. The molecule has 158 valence electrons. The van der Waals surface area contributed by atoms with Gasteiger partial charge in [0.1, 0.15) is 22.8 Å². The van der Waals surface area contributed by atoms with Crippen molar-refractivity contribution in [2.75, 3.05) is 0 Å². The molecule has 0 spiro atoms. The molecule has 2 aromatic rings. The quantitative estimate of drug-likeness (QED) is 0.468. The number of hydrogen-bond donors (Lipinski definition) is 2. The van der Waals surface area contributed by atoms with Crippen LogP contribution in [0.4, 0.5) is 0 Å². The molecule has 5 nitrogen and oxygen atoms in total. The zero-order valence-corrected chi connectivity index (χ0v) is 19.8. The van der Waals surface area contributed by atoms with Crippen molar-refractivity contribution in [1.29, 1.82) is 5.26 Å². The van der Waals surface area contributed by atoms with E-state index >= 15 is 0 Å². The summed E-state index contributed by atoms with van der Waals surface area (Å²) in [5.74, 6) is 0.0719. The van der Waals surface area contributed by atoms with Crippen molar-refractivity contribution >= 4 is 33.4 Å². The predicted octanol–water partition coefficient (Wildman–Crippen LogP) is 4.98. The van der Waals surface area contributed by atoms with E-state index in [-0.39, 0.29) is 5.91 Å². The molecular formula is C23H25BrClN3O2. The molecule has 0 saturated carbocycles. The Morgan fingerprint density at radius 1 is 1.20 bits per heavy atom. The SMILES string of the molecule is CC1(C)CC(NC(=O)c2ccccc2)(Oc2cccc(Br)c2C#N)C(Cl)C(C)(C)N1. The summed E-state index contributed by atoms with van der Waals surface area (Å²) >= 11 is 10.4. The number of nitrogens with one attached hydrogen (secondary N) is 2. The summed E-state index contributed by atoms with van der Waals surface area (Å²) in [7, 11) is 0. The largest absolute Gasteiger partial charge is 0.465 e. The molecule has 0 bridgehead atoms. The van der Waals surface area contributed by atoms with Crippen LogP contribution in [0.3, 0.4) is 0 Å². The van der Waals surface area contributed by atoms with Gasteiger partial charge >= 0.3 is 0 Å². The van der Waals surface area contributed by atoms with Crippen molar-refractivity contribution in [2.45, 2.75) is 56.3 Å². The second-order valence-corrected chi connectivity index (χ2v) is 10.1. The molecule has 2 atom stereocenters. The number of carbonyl (C=O) groups excluding carboxylic acids is 1. The maximum absolute atomic E-state index is 13.2. The van der Waals surface area contributed by atoms with Gasteiger partial charge in [-0.05, 0) is 67.9 Å². The van der Waals surface area contributed by atoms with Gasteiger partial charge in [0, 0.05) is 27.5 Å². The van der Waals surface area contributed by atoms with Crippen LogP contribution >= 0.6 is 27.5 Å². The molecule has 0 aliphatic carbocycles. The van der Waals surface area contributed by atoms with Gasteiger partial charge < -0.3 is 15.4 Å². The summed E-state index contributed by atoms with van der Waals surface area (Å²) in [4.78, 5) is 13.2. The van der Waals surface area contributed by atoms with Crippen LogP contribution in [0.1, 0.15) is 50.0 Å². The molecule has 30 heavy (non-hydrogen) atoms. The van der Waals surface area contributed by atoms with E-state index in [0.717, 1.165) is 0 Å². The lowest BCUT2D eigenvalue weighted by molar-refractivity contribution is -0.0495. The Morgan fingerprint density at radius 2 is 1.87 bits per heavy atom. The minimum Gasteiger partial charge on any atom is -0.465 e. The average Bonchev–Trinajstić information content (AvgIpc) is 2.66. The molecule has 2 aromatic carbocycles. The second-order valence-electron chi connectivity index (χ2n) is 8.81. The number of hydrogen-bond acceptors (Lipinski definition) is 4. The highest BCUT2D eigenvalue weighted by atomic mass is 79.9. The zero-order valence-electron chi connectivity index (χ0n) is 17.4. The lowest BCUT2D eigenvalue weighted by atomic mass is 9.76. The fraction of sp³-hybridized carbons (Fsp3) is 0.391. The predicted molar refractivity (Wildman–Crippen MR) is 122 cm³/mol. The summed E-state index contributed by atoms with van der Waals surface area (Å²) in [5, 5.41) is 15.6. The molecule has 1 fully saturated rings. The number of rotatable bonds is 4. The van der Waals surface area contributed by atoms with Crippen molar-refractivity contribution in [3.05, 3.63) is 64.1 Å². The molecule has 0 aromatic heterocycles. The van der Waals surface area contributed by atoms with Crippen LogP contribution in [-0.2, 0) is 0 Å². The van der Waals surface area contributed by atoms with Crippen LogP contribution in [0.15, 0.2) is 53.0 Å². The van der Waals surface area contributed by atoms with Crippen LogP contribution in [0.5, 0.6) is 5.75 Å². The van der Waals surface area contributed by atoms with Gasteiger partial charge in [-0.25, -0.2) is 0 Å². The van der Waals surface area contributed by atoms with Gasteiger partial charge in [0.25, 0.3) is 5.91 Å². The number of piperidine rings is 1. The van der Waals surface area contributed by atoms with Crippen molar-refractivity contribution in [1.82, 2.24) is 10.6 Å². The number of amides is 1. The third-order valence-electron chi connectivity index (χ3n) is 5.15. The lowest BCUT2D eigenvalue weighted by Gasteiger charge is -2.55. The van der Waals surface area contributed by atoms with Crippen LogP contribution < -0.4 is 15.4 Å². The molecule has 1 aliphatic heterocycles. The highest BCUT2D eigenvalue weighted by Gasteiger charge is 2.57. The first-order chi connectivity index (χ1) is 14.0. The number of alkyl halides is 1. The molecule has 1 saturated heterocycles. The van der Waals surface area contributed by atoms with Gasteiger partial charge in [0.15, 0.2) is 0 Å². The molecule has 1 heterocycles. The van der Waals surface area contributed by atoms with Crippen molar-refractivity contribution < 1.29 is 9.53 Å². The highest BCUT2D eigenvalue weighted by Crippen LogP contribution is 2.42. The Kier molecular flexibility index (Phi) is 6.20. The van der Waals surface area contributed by atoms with Gasteiger partial charge in [-0.3, -0.25) is 4.79 Å². The Morgan fingerprint density at radius 3 is 2.50 bits per heavy atom. The standard InChI is InChI=1S/C23H25BrClN3O2/c1-21(2)14-23(20(25)22(3,4)28-21,27-19(29)15-9-6-5-7-10-15)30-18-12-8-11-17(24)16(18)13-26/h5-12,20,28H,14H2,1-4H3,(H,27,29). The summed E-state index contributed by atoms with van der Waals surface area (Å²) in [6.07, 6.45) is 0.396. The number of ether oxygens (including phenoxy) is 1. The maximum Gasteiger partial charge on any atom is 0.254 e. The normalized spacial score (nSPS) is 24.5. The first-order valence-corrected chi connectivity index (χ1v) is 10.9. The van der Waals surface area contributed by atoms with E-state index in [1.54, 1.807) is 42.5 Å². The van der Waals surface area contributed by atoms with E-state index < -0.39 is 22.2 Å². The van der Waals surface area contributed by atoms with E-state index in [1.165, 1.54) is 0 Å². The number of nitrogens with zero attached hydrogens (tertiary/aromatic N) is 1. The molecule has 1 amide bonds. The van der Waals surface area contributed by atoms with E-state index in [1.807, 2.05) is 33.8 Å². The molecule has 1 aliphatic rings. The lowest BCUT2D eigenvalue weighted by Crippen LogP contribution is -2.76. The van der Waals surface area contributed by atoms with Crippen molar-refractivity contribution in [2.24, 2.45) is 0 Å². The van der Waals surface area contributed by atoms with Crippen LogP contribution in [0.25, 0.3) is 0 Å². The van der Waals surface area contributed by atoms with E-state index in [2.05, 4.69) is 32.6 Å². The van der Waals surface area contributed by atoms with E-state index in [4.69, 9.17) is 16.3 Å². The van der Waals surface area contributed by atoms with Gasteiger partial charge in [-0.15, -0.1) is 11.6 Å². The second kappa shape index (κ2) is 8.22. The fourth-order valence-electron chi connectivity index (χ4n) is 4.28. The van der Waals surface area contributed by atoms with Crippen LogP contribution in [0.2, 0.25) is 0 Å². The van der Waals surface area contributed by atoms with Gasteiger partial charge in [0.05, 0.1) is 0 Å². The number of carbonyl (C=O) groups is 1. The van der Waals surface area contributed by atoms with Crippen molar-refractivity contribution in [3.8, 4) is 11.8 Å². The Hall–Kier alpha value is -2.07.